The van der Waals surface area contributed by atoms with Crippen LogP contribution < -0.4 is 0 Å². The van der Waals surface area contributed by atoms with Crippen molar-refractivity contribution < 1.29 is 13.3 Å². The predicted molar refractivity (Wildman–Crippen MR) is 71.5 cm³/mol. The summed E-state index contributed by atoms with van der Waals surface area (Å²) in [6.07, 6.45) is 5.06. The lowest BCUT2D eigenvalue weighted by atomic mass is 10.2. The molecule has 102 valence electrons. The highest BCUT2D eigenvalue weighted by Gasteiger charge is 2.26. The van der Waals surface area contributed by atoms with Crippen molar-refractivity contribution in [1.82, 2.24) is 4.31 Å². The Balaban J connectivity index is 3.48. The standard InChI is InChI=1S/C11H11ClN2O4S/c1-4-5-13(3)19(17,18)11-7-10(14(15)16)9(12)6-8(11)2/h1,6-7H,5H2,2-3H3. The first-order chi connectivity index (χ1) is 8.71. The van der Waals surface area contributed by atoms with Crippen LogP contribution in [-0.4, -0.2) is 31.2 Å². The van der Waals surface area contributed by atoms with Crippen molar-refractivity contribution in [2.24, 2.45) is 0 Å². The van der Waals surface area contributed by atoms with E-state index in [2.05, 4.69) is 5.92 Å². The van der Waals surface area contributed by atoms with Crippen LogP contribution in [0.5, 0.6) is 0 Å². The second-order valence-electron chi connectivity index (χ2n) is 3.79. The zero-order chi connectivity index (χ0) is 14.8. The Kier molecular flexibility index (Phi) is 4.52. The van der Waals surface area contributed by atoms with Crippen molar-refractivity contribution in [2.75, 3.05) is 13.6 Å². The summed E-state index contributed by atoms with van der Waals surface area (Å²) in [6, 6.07) is 2.19. The van der Waals surface area contributed by atoms with Crippen LogP contribution in [0, 0.1) is 29.4 Å². The molecule has 0 unspecified atom stereocenters. The van der Waals surface area contributed by atoms with E-state index in [9.17, 15) is 18.5 Å². The van der Waals surface area contributed by atoms with Gasteiger partial charge in [0.25, 0.3) is 5.69 Å². The fourth-order valence-electron chi connectivity index (χ4n) is 1.44. The lowest BCUT2D eigenvalue weighted by molar-refractivity contribution is -0.384. The number of benzene rings is 1. The molecule has 0 heterocycles. The van der Waals surface area contributed by atoms with Gasteiger partial charge in [0.2, 0.25) is 10.0 Å². The number of nitro benzene ring substituents is 1. The maximum atomic E-state index is 12.2. The van der Waals surface area contributed by atoms with Gasteiger partial charge >= 0.3 is 0 Å². The van der Waals surface area contributed by atoms with Crippen molar-refractivity contribution in [3.05, 3.63) is 32.8 Å². The molecule has 0 fully saturated rings. The molecule has 1 aromatic carbocycles. The number of hydrogen-bond acceptors (Lipinski definition) is 4. The monoisotopic (exact) mass is 302 g/mol. The molecular weight excluding hydrogens is 292 g/mol. The van der Waals surface area contributed by atoms with Gasteiger partial charge < -0.3 is 0 Å². The Morgan fingerprint density at radius 2 is 2.11 bits per heavy atom. The Morgan fingerprint density at radius 3 is 2.58 bits per heavy atom. The molecule has 0 bridgehead atoms. The first-order valence-electron chi connectivity index (χ1n) is 5.06. The van der Waals surface area contributed by atoms with E-state index in [1.54, 1.807) is 0 Å². The number of hydrogen-bond donors (Lipinski definition) is 0. The summed E-state index contributed by atoms with van der Waals surface area (Å²) < 4.78 is 25.3. The zero-order valence-corrected chi connectivity index (χ0v) is 11.8. The van der Waals surface area contributed by atoms with Gasteiger partial charge in [-0.3, -0.25) is 10.1 Å². The fourth-order valence-corrected chi connectivity index (χ4v) is 3.04. The number of aryl methyl sites for hydroxylation is 1. The molecule has 0 aliphatic rings. The van der Waals surface area contributed by atoms with Gasteiger partial charge in [-0.2, -0.15) is 4.31 Å². The third kappa shape index (κ3) is 3.04. The smallest absolute Gasteiger partial charge is 0.258 e. The average Bonchev–Trinajstić information content (AvgIpc) is 2.28. The minimum atomic E-state index is -3.88. The van der Waals surface area contributed by atoms with Crippen LogP contribution in [0.25, 0.3) is 0 Å². The molecule has 19 heavy (non-hydrogen) atoms. The molecule has 0 spiro atoms. The molecule has 1 aromatic rings. The molecule has 0 aromatic heterocycles. The molecule has 6 nitrogen and oxygen atoms in total. The van der Waals surface area contributed by atoms with Gasteiger partial charge in [0.15, 0.2) is 0 Å². The fraction of sp³-hybridized carbons (Fsp3) is 0.273. The molecule has 0 radical (unpaired) electrons. The first kappa shape index (κ1) is 15.4. The van der Waals surface area contributed by atoms with Gasteiger partial charge in [0.1, 0.15) is 5.02 Å². The molecule has 0 saturated heterocycles. The van der Waals surface area contributed by atoms with Crippen molar-refractivity contribution in [3.63, 3.8) is 0 Å². The van der Waals surface area contributed by atoms with E-state index in [0.717, 1.165) is 10.4 Å². The molecule has 0 saturated carbocycles. The van der Waals surface area contributed by atoms with E-state index in [1.807, 2.05) is 0 Å². The van der Waals surface area contributed by atoms with Crippen LogP contribution in [0.1, 0.15) is 5.56 Å². The first-order valence-corrected chi connectivity index (χ1v) is 6.88. The molecule has 0 N–H and O–H groups in total. The van der Waals surface area contributed by atoms with E-state index in [-0.39, 0.29) is 16.5 Å². The lowest BCUT2D eigenvalue weighted by Gasteiger charge is -2.16. The molecule has 1 rings (SSSR count). The highest BCUT2D eigenvalue weighted by molar-refractivity contribution is 7.89. The largest absolute Gasteiger partial charge is 0.289 e. The van der Waals surface area contributed by atoms with Gasteiger partial charge in [0.05, 0.1) is 16.4 Å². The Bertz CT molecular complexity index is 664. The van der Waals surface area contributed by atoms with Crippen molar-refractivity contribution >= 4 is 27.3 Å². The molecule has 0 aliphatic heterocycles. The minimum absolute atomic E-state index is 0.110. The Hall–Kier alpha value is -1.62. The summed E-state index contributed by atoms with van der Waals surface area (Å²) in [4.78, 5) is 9.87. The van der Waals surface area contributed by atoms with Gasteiger partial charge in [-0.15, -0.1) is 6.42 Å². The van der Waals surface area contributed by atoms with Gasteiger partial charge in [-0.05, 0) is 18.6 Å². The average molecular weight is 303 g/mol. The molecule has 8 heteroatoms. The lowest BCUT2D eigenvalue weighted by Crippen LogP contribution is -2.27. The summed E-state index contributed by atoms with van der Waals surface area (Å²) in [5.41, 5.74) is -0.139. The van der Waals surface area contributed by atoms with Crippen LogP contribution in [0.4, 0.5) is 5.69 Å². The maximum absolute atomic E-state index is 12.2. The number of rotatable bonds is 4. The van der Waals surface area contributed by atoms with E-state index in [1.165, 1.54) is 20.0 Å². The van der Waals surface area contributed by atoms with Crippen molar-refractivity contribution in [3.8, 4) is 12.3 Å². The number of sulfonamides is 1. The SMILES string of the molecule is C#CCN(C)S(=O)(=O)c1cc([N+](=O)[O-])c(Cl)cc1C. The van der Waals surface area contributed by atoms with Crippen LogP contribution in [0.3, 0.4) is 0 Å². The highest BCUT2D eigenvalue weighted by atomic mass is 35.5. The van der Waals surface area contributed by atoms with Crippen LogP contribution >= 0.6 is 11.6 Å². The Labute approximate surface area is 116 Å². The predicted octanol–water partition coefficient (Wildman–Crippen LogP) is 1.81. The summed E-state index contributed by atoms with van der Waals surface area (Å²) >= 11 is 5.70. The topological polar surface area (TPSA) is 80.5 Å². The third-order valence-corrected chi connectivity index (χ3v) is 4.69. The van der Waals surface area contributed by atoms with Crippen LogP contribution in [-0.2, 0) is 10.0 Å². The number of nitrogens with zero attached hydrogens (tertiary/aromatic N) is 2. The molecule has 0 amide bonds. The van der Waals surface area contributed by atoms with E-state index in [4.69, 9.17) is 18.0 Å². The van der Waals surface area contributed by atoms with Crippen molar-refractivity contribution in [1.29, 1.82) is 0 Å². The number of terminal acetylenes is 1. The molecule has 0 atom stereocenters. The van der Waals surface area contributed by atoms with Gasteiger partial charge in [-0.1, -0.05) is 17.5 Å². The van der Waals surface area contributed by atoms with Crippen molar-refractivity contribution in [2.45, 2.75) is 11.8 Å². The van der Waals surface area contributed by atoms with E-state index in [0.29, 0.717) is 5.56 Å². The second-order valence-corrected chi connectivity index (χ2v) is 6.21. The summed E-state index contributed by atoms with van der Waals surface area (Å²) in [7, 11) is -2.58. The molecule has 0 aliphatic carbocycles. The summed E-state index contributed by atoms with van der Waals surface area (Å²) in [5.74, 6) is 2.20. The number of halogens is 1. The number of nitro groups is 1. The maximum Gasteiger partial charge on any atom is 0.289 e. The van der Waals surface area contributed by atoms with Crippen LogP contribution in [0.2, 0.25) is 5.02 Å². The second kappa shape index (κ2) is 5.57. The third-order valence-electron chi connectivity index (χ3n) is 2.44. The Morgan fingerprint density at radius 1 is 1.53 bits per heavy atom. The highest BCUT2D eigenvalue weighted by Crippen LogP contribution is 2.31. The minimum Gasteiger partial charge on any atom is -0.258 e. The normalized spacial score (nSPS) is 11.3. The zero-order valence-electron chi connectivity index (χ0n) is 10.3. The van der Waals surface area contributed by atoms with Gasteiger partial charge in [-0.25, -0.2) is 8.42 Å². The summed E-state index contributed by atoms with van der Waals surface area (Å²) in [5, 5.41) is 10.7. The quantitative estimate of drug-likeness (QED) is 0.482. The van der Waals surface area contributed by atoms with Gasteiger partial charge in [0, 0.05) is 13.1 Å². The van der Waals surface area contributed by atoms with E-state index >= 15 is 0 Å². The summed E-state index contributed by atoms with van der Waals surface area (Å²) in [6.45, 7) is 1.38. The molecular formula is C11H11ClN2O4S. The van der Waals surface area contributed by atoms with E-state index < -0.39 is 20.6 Å². The van der Waals surface area contributed by atoms with Crippen LogP contribution in [0.15, 0.2) is 17.0 Å².